The van der Waals surface area contributed by atoms with E-state index in [4.69, 9.17) is 0 Å². The van der Waals surface area contributed by atoms with Gasteiger partial charge in [0.25, 0.3) is 0 Å². The third-order valence-electron chi connectivity index (χ3n) is 4.40. The Labute approximate surface area is 101 Å². The van der Waals surface area contributed by atoms with Crippen LogP contribution in [0.3, 0.4) is 0 Å². The van der Waals surface area contributed by atoms with Gasteiger partial charge in [0, 0.05) is 19.6 Å². The molecular weight excluding hydrogens is 218 g/mol. The van der Waals surface area contributed by atoms with Gasteiger partial charge in [-0.25, -0.2) is 0 Å². The standard InChI is InChI=1S/C12H19N3O2/c1-7-10-9(13-11(7)16)3-4-15(10)12(17)8-5-14(2)6-8/h7-10H,3-6H2,1-2H3,(H,13,16)/t7-,9+,10-/m0/s1. The van der Waals surface area contributed by atoms with Crippen LogP contribution in [0.2, 0.25) is 0 Å². The summed E-state index contributed by atoms with van der Waals surface area (Å²) in [5.74, 6) is 0.452. The molecule has 0 aromatic rings. The van der Waals surface area contributed by atoms with Crippen LogP contribution in [0.1, 0.15) is 13.3 Å². The van der Waals surface area contributed by atoms with Gasteiger partial charge < -0.3 is 15.1 Å². The average molecular weight is 237 g/mol. The summed E-state index contributed by atoms with van der Waals surface area (Å²) in [4.78, 5) is 28.0. The smallest absolute Gasteiger partial charge is 0.228 e. The molecule has 0 saturated carbocycles. The van der Waals surface area contributed by atoms with Crippen molar-refractivity contribution in [2.75, 3.05) is 26.7 Å². The van der Waals surface area contributed by atoms with E-state index < -0.39 is 0 Å². The normalized spacial score (nSPS) is 37.9. The maximum Gasteiger partial charge on any atom is 0.228 e. The fourth-order valence-corrected chi connectivity index (χ4v) is 3.41. The topological polar surface area (TPSA) is 52.7 Å². The molecule has 0 aromatic carbocycles. The van der Waals surface area contributed by atoms with Crippen LogP contribution in [0.5, 0.6) is 0 Å². The Bertz CT molecular complexity index is 365. The van der Waals surface area contributed by atoms with Crippen LogP contribution < -0.4 is 5.32 Å². The number of hydrogen-bond acceptors (Lipinski definition) is 3. The fraction of sp³-hybridized carbons (Fsp3) is 0.833. The van der Waals surface area contributed by atoms with Crippen LogP contribution in [-0.4, -0.2) is 60.4 Å². The van der Waals surface area contributed by atoms with E-state index in [1.165, 1.54) is 0 Å². The molecule has 3 fully saturated rings. The van der Waals surface area contributed by atoms with Gasteiger partial charge in [0.2, 0.25) is 11.8 Å². The summed E-state index contributed by atoms with van der Waals surface area (Å²) in [5.41, 5.74) is 0. The van der Waals surface area contributed by atoms with Crippen molar-refractivity contribution in [2.45, 2.75) is 25.4 Å². The van der Waals surface area contributed by atoms with Crippen LogP contribution in [0.25, 0.3) is 0 Å². The van der Waals surface area contributed by atoms with E-state index in [1.54, 1.807) is 0 Å². The van der Waals surface area contributed by atoms with Gasteiger partial charge in [0.1, 0.15) is 0 Å². The van der Waals surface area contributed by atoms with Crippen LogP contribution >= 0.6 is 0 Å². The first-order chi connectivity index (χ1) is 8.08. The van der Waals surface area contributed by atoms with E-state index in [-0.39, 0.29) is 35.7 Å². The van der Waals surface area contributed by atoms with E-state index in [2.05, 4.69) is 10.2 Å². The quantitative estimate of drug-likeness (QED) is 0.655. The molecule has 3 aliphatic heterocycles. The number of carbonyl (C=O) groups is 2. The van der Waals surface area contributed by atoms with Gasteiger partial charge in [-0.05, 0) is 13.5 Å². The molecule has 3 aliphatic rings. The van der Waals surface area contributed by atoms with Crippen LogP contribution in [0.4, 0.5) is 0 Å². The molecule has 3 saturated heterocycles. The molecule has 2 amide bonds. The second-order valence-corrected chi connectivity index (χ2v) is 5.63. The highest BCUT2D eigenvalue weighted by Gasteiger charge is 2.50. The third kappa shape index (κ3) is 1.56. The molecule has 5 heteroatoms. The molecule has 0 bridgehead atoms. The highest BCUT2D eigenvalue weighted by molar-refractivity contribution is 5.86. The summed E-state index contributed by atoms with van der Waals surface area (Å²) in [6.45, 7) is 4.46. The number of rotatable bonds is 1. The summed E-state index contributed by atoms with van der Waals surface area (Å²) in [6, 6.07) is 0.292. The number of carbonyl (C=O) groups excluding carboxylic acids is 2. The minimum atomic E-state index is -0.0516. The van der Waals surface area contributed by atoms with Gasteiger partial charge in [0.05, 0.1) is 23.9 Å². The first-order valence-electron chi connectivity index (χ1n) is 6.37. The van der Waals surface area contributed by atoms with E-state index in [9.17, 15) is 9.59 Å². The van der Waals surface area contributed by atoms with Crippen molar-refractivity contribution in [2.24, 2.45) is 11.8 Å². The minimum absolute atomic E-state index is 0.0516. The highest BCUT2D eigenvalue weighted by Crippen LogP contribution is 2.32. The first-order valence-corrected chi connectivity index (χ1v) is 6.37. The molecule has 0 aliphatic carbocycles. The number of likely N-dealkylation sites (tertiary alicyclic amines) is 2. The monoisotopic (exact) mass is 237 g/mol. The Morgan fingerprint density at radius 1 is 1.41 bits per heavy atom. The molecule has 0 unspecified atom stereocenters. The van der Waals surface area contributed by atoms with E-state index in [1.807, 2.05) is 18.9 Å². The molecule has 5 nitrogen and oxygen atoms in total. The minimum Gasteiger partial charge on any atom is -0.351 e. The van der Waals surface area contributed by atoms with Crippen molar-refractivity contribution in [3.05, 3.63) is 0 Å². The summed E-state index contributed by atoms with van der Waals surface area (Å²) < 4.78 is 0. The van der Waals surface area contributed by atoms with Crippen LogP contribution in [0, 0.1) is 11.8 Å². The Morgan fingerprint density at radius 3 is 2.76 bits per heavy atom. The lowest BCUT2D eigenvalue weighted by Gasteiger charge is -2.39. The molecule has 1 N–H and O–H groups in total. The van der Waals surface area contributed by atoms with Gasteiger partial charge in [0.15, 0.2) is 0 Å². The molecule has 3 heterocycles. The van der Waals surface area contributed by atoms with Crippen LogP contribution in [0.15, 0.2) is 0 Å². The summed E-state index contributed by atoms with van der Waals surface area (Å²) >= 11 is 0. The molecular formula is C12H19N3O2. The molecule has 17 heavy (non-hydrogen) atoms. The van der Waals surface area contributed by atoms with E-state index >= 15 is 0 Å². The van der Waals surface area contributed by atoms with E-state index in [0.29, 0.717) is 0 Å². The number of hydrogen-bond donors (Lipinski definition) is 1. The molecule has 3 rings (SSSR count). The van der Waals surface area contributed by atoms with Crippen molar-refractivity contribution < 1.29 is 9.59 Å². The first kappa shape index (κ1) is 11.0. The molecule has 0 radical (unpaired) electrons. The van der Waals surface area contributed by atoms with Gasteiger partial charge in [-0.15, -0.1) is 0 Å². The number of fused-ring (bicyclic) bond motifs is 1. The molecule has 0 spiro atoms. The second kappa shape index (κ2) is 3.70. The second-order valence-electron chi connectivity index (χ2n) is 5.63. The van der Waals surface area contributed by atoms with E-state index in [0.717, 1.165) is 26.1 Å². The Morgan fingerprint density at radius 2 is 2.12 bits per heavy atom. The Kier molecular flexibility index (Phi) is 2.40. The van der Waals surface area contributed by atoms with Gasteiger partial charge in [-0.2, -0.15) is 0 Å². The van der Waals surface area contributed by atoms with Crippen molar-refractivity contribution in [3.8, 4) is 0 Å². The maximum absolute atomic E-state index is 12.3. The molecule has 94 valence electrons. The molecule has 0 aromatic heterocycles. The van der Waals surface area contributed by atoms with Crippen molar-refractivity contribution in [1.29, 1.82) is 0 Å². The largest absolute Gasteiger partial charge is 0.351 e. The lowest BCUT2D eigenvalue weighted by molar-refractivity contribution is -0.142. The van der Waals surface area contributed by atoms with Gasteiger partial charge >= 0.3 is 0 Å². The third-order valence-corrected chi connectivity index (χ3v) is 4.40. The number of nitrogens with one attached hydrogen (secondary N) is 1. The summed E-state index contributed by atoms with van der Waals surface area (Å²) in [7, 11) is 2.03. The van der Waals surface area contributed by atoms with Gasteiger partial charge in [-0.1, -0.05) is 6.92 Å². The van der Waals surface area contributed by atoms with Gasteiger partial charge in [-0.3, -0.25) is 9.59 Å². The lowest BCUT2D eigenvalue weighted by atomic mass is 9.96. The summed E-state index contributed by atoms with van der Waals surface area (Å²) in [5, 5.41) is 2.99. The Hall–Kier alpha value is -1.10. The predicted octanol–water partition coefficient (Wildman–Crippen LogP) is -0.717. The zero-order chi connectivity index (χ0) is 12.2. The molecule has 3 atom stereocenters. The maximum atomic E-state index is 12.3. The average Bonchev–Trinajstić information content (AvgIpc) is 2.76. The SMILES string of the molecule is C[C@@H]1C(=O)N[C@@H]2CCN(C(=O)C3CN(C)C3)[C@@H]12. The van der Waals surface area contributed by atoms with Crippen molar-refractivity contribution >= 4 is 11.8 Å². The zero-order valence-electron chi connectivity index (χ0n) is 10.3. The fourth-order valence-electron chi connectivity index (χ4n) is 3.41. The highest BCUT2D eigenvalue weighted by atomic mass is 16.2. The predicted molar refractivity (Wildman–Crippen MR) is 62.2 cm³/mol. The summed E-state index contributed by atoms with van der Waals surface area (Å²) in [6.07, 6.45) is 0.912. The lowest BCUT2D eigenvalue weighted by Crippen LogP contribution is -2.54. The Balaban J connectivity index is 1.72. The van der Waals surface area contributed by atoms with Crippen molar-refractivity contribution in [1.82, 2.24) is 15.1 Å². The van der Waals surface area contributed by atoms with Crippen LogP contribution in [-0.2, 0) is 9.59 Å². The zero-order valence-corrected chi connectivity index (χ0v) is 10.3. The van der Waals surface area contributed by atoms with Crippen molar-refractivity contribution in [3.63, 3.8) is 0 Å². The number of nitrogens with zero attached hydrogens (tertiary/aromatic N) is 2. The number of amides is 2.